The molecule has 7 nitrogen and oxygen atoms in total. The van der Waals surface area contributed by atoms with Gasteiger partial charge in [0.2, 0.25) is 5.78 Å². The monoisotopic (exact) mass is 466 g/mol. The number of nitrogens with zero attached hydrogens (tertiary/aromatic N) is 1. The van der Waals surface area contributed by atoms with E-state index in [4.69, 9.17) is 11.6 Å². The molecule has 0 saturated heterocycles. The summed E-state index contributed by atoms with van der Waals surface area (Å²) in [7, 11) is -4.08. The first-order valence-electron chi connectivity index (χ1n) is 9.31. The van der Waals surface area contributed by atoms with E-state index in [0.29, 0.717) is 16.3 Å². The number of hydrogen-bond acceptors (Lipinski definition) is 5. The van der Waals surface area contributed by atoms with Gasteiger partial charge in [0.25, 0.3) is 10.0 Å². The van der Waals surface area contributed by atoms with Crippen molar-refractivity contribution < 1.29 is 23.1 Å². The van der Waals surface area contributed by atoms with E-state index in [1.807, 2.05) is 0 Å². The summed E-state index contributed by atoms with van der Waals surface area (Å²) in [6.07, 6.45) is 1.34. The summed E-state index contributed by atoms with van der Waals surface area (Å²) in [6, 6.07) is 18.1. The van der Waals surface area contributed by atoms with Gasteiger partial charge < -0.3 is 10.4 Å². The highest BCUT2D eigenvalue weighted by Gasteiger charge is 2.26. The standard InChI is InChI=1S/C23H15ClN2O5S/c24-15-8-10-17(11-9-15)32(30,31)26-20-13-21(22(27)19-7-2-1-6-18(19)20)25-16-5-3-4-14(12-16)23(28)29/h1-13,25H,(H,28,29). The number of benzene rings is 3. The van der Waals surface area contributed by atoms with E-state index in [0.717, 1.165) is 0 Å². The van der Waals surface area contributed by atoms with Crippen LogP contribution in [0, 0.1) is 0 Å². The summed E-state index contributed by atoms with van der Waals surface area (Å²) in [5, 5.41) is 12.5. The SMILES string of the molecule is O=C(O)c1cccc(NC2=CC(=NS(=O)(=O)c3ccc(Cl)cc3)c3ccccc3C2=O)c1. The number of anilines is 1. The minimum Gasteiger partial charge on any atom is -0.478 e. The molecule has 32 heavy (non-hydrogen) atoms. The van der Waals surface area contributed by atoms with Crippen molar-refractivity contribution in [2.75, 3.05) is 5.32 Å². The first-order valence-corrected chi connectivity index (χ1v) is 11.1. The highest BCUT2D eigenvalue weighted by atomic mass is 35.5. The van der Waals surface area contributed by atoms with E-state index in [2.05, 4.69) is 9.71 Å². The number of aromatic carboxylic acids is 1. The molecule has 3 aromatic rings. The first kappa shape index (κ1) is 21.5. The van der Waals surface area contributed by atoms with Gasteiger partial charge in [-0.1, -0.05) is 41.9 Å². The number of halogens is 1. The van der Waals surface area contributed by atoms with Gasteiger partial charge in [0.15, 0.2) is 0 Å². The van der Waals surface area contributed by atoms with E-state index >= 15 is 0 Å². The highest BCUT2D eigenvalue weighted by molar-refractivity contribution is 7.90. The molecule has 1 aliphatic carbocycles. The van der Waals surface area contributed by atoms with E-state index in [1.54, 1.807) is 30.3 Å². The second-order valence-electron chi connectivity index (χ2n) is 6.85. The van der Waals surface area contributed by atoms with Gasteiger partial charge in [-0.3, -0.25) is 4.79 Å². The van der Waals surface area contributed by atoms with E-state index in [1.165, 1.54) is 48.5 Å². The highest BCUT2D eigenvalue weighted by Crippen LogP contribution is 2.26. The van der Waals surface area contributed by atoms with E-state index < -0.39 is 16.0 Å². The fourth-order valence-corrected chi connectivity index (χ4v) is 4.29. The van der Waals surface area contributed by atoms with Crippen LogP contribution in [-0.2, 0) is 10.0 Å². The molecule has 0 spiro atoms. The van der Waals surface area contributed by atoms with Crippen LogP contribution in [0.1, 0.15) is 26.3 Å². The molecule has 0 amide bonds. The molecule has 0 atom stereocenters. The number of carboxylic acid groups (broad SMARTS) is 1. The van der Waals surface area contributed by atoms with Gasteiger partial charge in [0.05, 0.1) is 21.9 Å². The zero-order chi connectivity index (χ0) is 22.9. The maximum absolute atomic E-state index is 13.0. The van der Waals surface area contributed by atoms with Crippen LogP contribution < -0.4 is 5.32 Å². The van der Waals surface area contributed by atoms with Gasteiger partial charge >= 0.3 is 5.97 Å². The van der Waals surface area contributed by atoms with Crippen molar-refractivity contribution in [3.63, 3.8) is 0 Å². The molecule has 0 bridgehead atoms. The Morgan fingerprint density at radius 1 is 0.938 bits per heavy atom. The van der Waals surface area contributed by atoms with E-state index in [-0.39, 0.29) is 33.2 Å². The van der Waals surface area contributed by atoms with Crippen molar-refractivity contribution in [1.82, 2.24) is 0 Å². The minimum atomic E-state index is -4.08. The Kier molecular flexibility index (Phi) is 5.65. The number of rotatable bonds is 5. The maximum Gasteiger partial charge on any atom is 0.335 e. The zero-order valence-electron chi connectivity index (χ0n) is 16.3. The molecule has 1 aliphatic rings. The van der Waals surface area contributed by atoms with Gasteiger partial charge in [-0.2, -0.15) is 12.8 Å². The van der Waals surface area contributed by atoms with E-state index in [9.17, 15) is 23.1 Å². The maximum atomic E-state index is 13.0. The summed E-state index contributed by atoms with van der Waals surface area (Å²) < 4.78 is 29.7. The van der Waals surface area contributed by atoms with Crippen LogP contribution in [0.5, 0.6) is 0 Å². The van der Waals surface area contributed by atoms with Crippen LogP contribution in [0.15, 0.2) is 93.9 Å². The molecule has 0 fully saturated rings. The summed E-state index contributed by atoms with van der Waals surface area (Å²) in [5.41, 5.74) is 1.20. The minimum absolute atomic E-state index is 0.0402. The molecule has 2 N–H and O–H groups in total. The summed E-state index contributed by atoms with van der Waals surface area (Å²) in [4.78, 5) is 24.2. The number of nitrogens with one attached hydrogen (secondary N) is 1. The van der Waals surface area contributed by atoms with Gasteiger partial charge in [-0.25, -0.2) is 4.79 Å². The lowest BCUT2D eigenvalue weighted by Crippen LogP contribution is -2.22. The molecule has 3 aromatic carbocycles. The number of allylic oxidation sites excluding steroid dienone is 2. The summed E-state index contributed by atoms with van der Waals surface area (Å²) in [6.45, 7) is 0. The number of hydrogen-bond donors (Lipinski definition) is 2. The molecule has 9 heteroatoms. The van der Waals surface area contributed by atoms with Crippen LogP contribution in [0.25, 0.3) is 0 Å². The van der Waals surface area contributed by atoms with Crippen LogP contribution in [0.2, 0.25) is 5.02 Å². The molecule has 160 valence electrons. The van der Waals surface area contributed by atoms with Crippen molar-refractivity contribution in [2.45, 2.75) is 4.90 Å². The average Bonchev–Trinajstić information content (AvgIpc) is 2.77. The molecule has 0 aliphatic heterocycles. The molecule has 0 unspecified atom stereocenters. The first-order chi connectivity index (χ1) is 15.2. The Hall–Kier alpha value is -3.75. The van der Waals surface area contributed by atoms with Crippen molar-refractivity contribution >= 4 is 44.8 Å². The molecular weight excluding hydrogens is 452 g/mol. The Labute approximate surface area is 188 Å². The second-order valence-corrected chi connectivity index (χ2v) is 8.89. The number of Topliss-reactive ketones (excluding diaryl/α,β-unsaturated/α-hetero) is 1. The molecule has 0 saturated carbocycles. The van der Waals surface area contributed by atoms with Crippen molar-refractivity contribution in [1.29, 1.82) is 0 Å². The Bertz CT molecular complexity index is 1410. The third-order valence-corrected chi connectivity index (χ3v) is 6.25. The number of sulfonamides is 1. The lowest BCUT2D eigenvalue weighted by atomic mass is 9.92. The lowest BCUT2D eigenvalue weighted by Gasteiger charge is -2.19. The van der Waals surface area contributed by atoms with Crippen LogP contribution >= 0.6 is 11.6 Å². The predicted molar refractivity (Wildman–Crippen MR) is 121 cm³/mol. The van der Waals surface area contributed by atoms with Gasteiger partial charge in [-0.05, 0) is 48.5 Å². The third kappa shape index (κ3) is 4.32. The molecule has 0 radical (unpaired) electrons. The quantitative estimate of drug-likeness (QED) is 0.576. The normalized spacial score (nSPS) is 14.6. The number of carbonyl (C=O) groups excluding carboxylic acids is 1. The van der Waals surface area contributed by atoms with Gasteiger partial charge in [0.1, 0.15) is 0 Å². The number of carbonyl (C=O) groups is 2. The number of carboxylic acids is 1. The number of fused-ring (bicyclic) bond motifs is 1. The summed E-state index contributed by atoms with van der Waals surface area (Å²) >= 11 is 5.84. The molecule has 0 aromatic heterocycles. The average molecular weight is 467 g/mol. The van der Waals surface area contributed by atoms with Crippen molar-refractivity contribution in [3.8, 4) is 0 Å². The van der Waals surface area contributed by atoms with Crippen LogP contribution in [0.3, 0.4) is 0 Å². The second kappa shape index (κ2) is 8.41. The van der Waals surface area contributed by atoms with Crippen molar-refractivity contribution in [2.24, 2.45) is 4.40 Å². The largest absolute Gasteiger partial charge is 0.478 e. The van der Waals surface area contributed by atoms with Crippen LogP contribution in [-0.4, -0.2) is 31.0 Å². The fourth-order valence-electron chi connectivity index (χ4n) is 3.17. The molecule has 0 heterocycles. The van der Waals surface area contributed by atoms with Crippen LogP contribution in [0.4, 0.5) is 5.69 Å². The Morgan fingerprint density at radius 3 is 2.31 bits per heavy atom. The predicted octanol–water partition coefficient (Wildman–Crippen LogP) is 4.41. The lowest BCUT2D eigenvalue weighted by molar-refractivity contribution is 0.0696. The molecule has 4 rings (SSSR count). The van der Waals surface area contributed by atoms with Crippen molar-refractivity contribution in [3.05, 3.63) is 106 Å². The smallest absolute Gasteiger partial charge is 0.335 e. The topological polar surface area (TPSA) is 113 Å². The van der Waals surface area contributed by atoms with Gasteiger partial charge in [0, 0.05) is 21.8 Å². The fraction of sp³-hybridized carbons (Fsp3) is 0. The summed E-state index contributed by atoms with van der Waals surface area (Å²) in [5.74, 6) is -1.48. The Balaban J connectivity index is 1.80. The zero-order valence-corrected chi connectivity index (χ0v) is 17.9. The van der Waals surface area contributed by atoms with Gasteiger partial charge in [-0.15, -0.1) is 0 Å². The molecular formula is C23H15ClN2O5S. The third-order valence-electron chi connectivity index (χ3n) is 4.69. The number of ketones is 1. The Morgan fingerprint density at radius 2 is 1.62 bits per heavy atom.